The van der Waals surface area contributed by atoms with Crippen molar-refractivity contribution >= 4 is 20.2 Å². The van der Waals surface area contributed by atoms with Crippen molar-refractivity contribution in [1.82, 2.24) is 0 Å². The normalized spacial score (nSPS) is 11.5. The van der Waals surface area contributed by atoms with E-state index >= 15 is 4.39 Å². The molecule has 43 heavy (non-hydrogen) atoms. The molecule has 13 heteroatoms. The average molecular weight is 633 g/mol. The maximum Gasteiger partial charge on any atom is 0.306 e. The zero-order chi connectivity index (χ0) is 31.4. The minimum Gasteiger partial charge on any atom is -0.493 e. The Bertz CT molecular complexity index is 1820. The Morgan fingerprint density at radius 2 is 1.23 bits per heavy atom. The van der Waals surface area contributed by atoms with Crippen LogP contribution in [0.1, 0.15) is 5.56 Å². The highest BCUT2D eigenvalue weighted by molar-refractivity contribution is 7.86. The Morgan fingerprint density at radius 3 is 1.79 bits per heavy atom. The summed E-state index contributed by atoms with van der Waals surface area (Å²) in [5.74, 6) is -1.16. The second-order valence-corrected chi connectivity index (χ2v) is 12.3. The molecule has 0 amide bonds. The second kappa shape index (κ2) is 12.8. The van der Waals surface area contributed by atoms with E-state index in [4.69, 9.17) is 27.3 Å². The summed E-state index contributed by atoms with van der Waals surface area (Å²) in [4.78, 5) is 0. The van der Waals surface area contributed by atoms with Crippen molar-refractivity contribution in [3.8, 4) is 56.8 Å². The molecule has 0 aliphatic carbocycles. The highest BCUT2D eigenvalue weighted by Crippen LogP contribution is 2.53. The Hall–Kier alpha value is -4.49. The molecule has 0 atom stereocenters. The minimum atomic E-state index is -4.17. The molecule has 4 aromatic carbocycles. The topological polar surface area (TPSA) is 124 Å². The van der Waals surface area contributed by atoms with Gasteiger partial charge in [0.15, 0.2) is 34.6 Å². The van der Waals surface area contributed by atoms with Crippen LogP contribution in [0.5, 0.6) is 34.5 Å². The van der Waals surface area contributed by atoms with Crippen LogP contribution in [0.15, 0.2) is 72.8 Å². The molecule has 0 spiro atoms. The molecule has 0 unspecified atom stereocenters. The maximum absolute atomic E-state index is 16.3. The van der Waals surface area contributed by atoms with Crippen LogP contribution in [0.25, 0.3) is 22.3 Å². The summed E-state index contributed by atoms with van der Waals surface area (Å²) >= 11 is 0. The number of rotatable bonds is 12. The molecular weight excluding hydrogens is 603 g/mol. The van der Waals surface area contributed by atoms with Crippen molar-refractivity contribution in [2.75, 3.05) is 33.8 Å². The molecule has 0 bridgehead atoms. The van der Waals surface area contributed by atoms with Crippen LogP contribution in [0.4, 0.5) is 4.39 Å². The predicted octanol–water partition coefficient (Wildman–Crippen LogP) is 5.44. The number of halogens is 1. The lowest BCUT2D eigenvalue weighted by atomic mass is 9.95. The number of methoxy groups -OCH3 is 3. The van der Waals surface area contributed by atoms with E-state index in [1.165, 1.54) is 51.7 Å². The molecule has 0 aliphatic heterocycles. The quantitative estimate of drug-likeness (QED) is 0.187. The van der Waals surface area contributed by atoms with Crippen molar-refractivity contribution in [2.45, 2.75) is 6.61 Å². The second-order valence-electron chi connectivity index (χ2n) is 9.20. The summed E-state index contributed by atoms with van der Waals surface area (Å²) in [6, 6.07) is 19.6. The van der Waals surface area contributed by atoms with E-state index in [1.807, 2.05) is 30.3 Å². The first-order valence-electron chi connectivity index (χ1n) is 12.6. The van der Waals surface area contributed by atoms with E-state index in [2.05, 4.69) is 0 Å². The van der Waals surface area contributed by atoms with Gasteiger partial charge in [-0.15, -0.1) is 0 Å². The van der Waals surface area contributed by atoms with Crippen LogP contribution in [-0.4, -0.2) is 50.7 Å². The first-order valence-corrected chi connectivity index (χ1v) is 16.2. The van der Waals surface area contributed by atoms with Gasteiger partial charge in [-0.1, -0.05) is 48.5 Å². The molecule has 228 valence electrons. The molecule has 0 saturated heterocycles. The Morgan fingerprint density at radius 1 is 0.628 bits per heavy atom. The van der Waals surface area contributed by atoms with Gasteiger partial charge in [0, 0.05) is 0 Å². The molecule has 0 aromatic heterocycles. The number of ether oxygens (including phenoxy) is 4. The fourth-order valence-corrected chi connectivity index (χ4v) is 5.24. The molecular formula is C30H29FO10S2. The van der Waals surface area contributed by atoms with E-state index in [-0.39, 0.29) is 57.6 Å². The summed E-state index contributed by atoms with van der Waals surface area (Å²) in [5.41, 5.74) is 1.15. The van der Waals surface area contributed by atoms with Crippen LogP contribution in [0.2, 0.25) is 0 Å². The van der Waals surface area contributed by atoms with Gasteiger partial charge >= 0.3 is 20.2 Å². The molecule has 0 fully saturated rings. The Balaban J connectivity index is 1.90. The van der Waals surface area contributed by atoms with Crippen molar-refractivity contribution in [3.63, 3.8) is 0 Å². The van der Waals surface area contributed by atoms with E-state index in [9.17, 15) is 16.8 Å². The number of benzene rings is 4. The summed E-state index contributed by atoms with van der Waals surface area (Å²) in [6.07, 6.45) is 1.73. The summed E-state index contributed by atoms with van der Waals surface area (Å²) in [7, 11) is -4.09. The van der Waals surface area contributed by atoms with Crippen molar-refractivity contribution in [2.24, 2.45) is 0 Å². The van der Waals surface area contributed by atoms with E-state index in [0.29, 0.717) is 5.75 Å². The highest BCUT2D eigenvalue weighted by Gasteiger charge is 2.31. The fourth-order valence-electron chi connectivity index (χ4n) is 4.32. The molecule has 4 rings (SSSR count). The smallest absolute Gasteiger partial charge is 0.306 e. The number of hydrogen-bond donors (Lipinski definition) is 0. The van der Waals surface area contributed by atoms with Gasteiger partial charge in [0.05, 0.1) is 45.0 Å². The molecule has 0 N–H and O–H groups in total. The number of hydrogen-bond acceptors (Lipinski definition) is 10. The third-order valence-corrected chi connectivity index (χ3v) is 6.99. The molecule has 0 radical (unpaired) electrons. The molecule has 4 aromatic rings. The largest absolute Gasteiger partial charge is 0.493 e. The lowest BCUT2D eigenvalue weighted by Crippen LogP contribution is -2.10. The fraction of sp³-hybridized carbons (Fsp3) is 0.200. The summed E-state index contributed by atoms with van der Waals surface area (Å²) in [5, 5.41) is 0. The first kappa shape index (κ1) is 31.4. The summed E-state index contributed by atoms with van der Waals surface area (Å²) in [6.45, 7) is 0.257. The van der Waals surface area contributed by atoms with Gasteiger partial charge in [-0.25, -0.2) is 4.39 Å². The minimum absolute atomic E-state index is 0.0107. The Kier molecular flexibility index (Phi) is 9.36. The van der Waals surface area contributed by atoms with Crippen molar-refractivity contribution in [3.05, 3.63) is 84.2 Å². The van der Waals surface area contributed by atoms with E-state index in [1.54, 1.807) is 12.1 Å². The van der Waals surface area contributed by atoms with Gasteiger partial charge in [-0.05, 0) is 41.0 Å². The van der Waals surface area contributed by atoms with Gasteiger partial charge in [0.25, 0.3) is 0 Å². The molecule has 0 saturated carbocycles. The standard InChI is InChI=1S/C30H29FO10S2/c1-36-24-17-21(13-16-23(24)39-18-19-9-7-6-8-10-19)26-28(37-2)27(31)25(29(38-3)30(26)41-43(5,34)35)20-11-14-22(15-12-20)40-42(4,32)33/h6-17H,18H2,1-5H3. The zero-order valence-corrected chi connectivity index (χ0v) is 25.5. The van der Waals surface area contributed by atoms with Crippen molar-refractivity contribution in [1.29, 1.82) is 0 Å². The van der Waals surface area contributed by atoms with Crippen LogP contribution >= 0.6 is 0 Å². The summed E-state index contributed by atoms with van der Waals surface area (Å²) < 4.78 is 96.9. The first-order chi connectivity index (χ1) is 20.3. The molecule has 0 aliphatic rings. The maximum atomic E-state index is 16.3. The molecule has 10 nitrogen and oxygen atoms in total. The Labute approximate surface area is 249 Å². The van der Waals surface area contributed by atoms with Gasteiger partial charge in [0.1, 0.15) is 12.4 Å². The van der Waals surface area contributed by atoms with E-state index in [0.717, 1.165) is 18.1 Å². The SMILES string of the molecule is COc1cc(-c2c(OC)c(F)c(-c3ccc(OS(C)(=O)=O)cc3)c(OC)c2OS(C)(=O)=O)ccc1OCc1ccccc1. The van der Waals surface area contributed by atoms with Crippen LogP contribution in [0, 0.1) is 5.82 Å². The molecule has 0 heterocycles. The van der Waals surface area contributed by atoms with Gasteiger partial charge in [-0.2, -0.15) is 16.8 Å². The average Bonchev–Trinajstić information content (AvgIpc) is 2.96. The van der Waals surface area contributed by atoms with Gasteiger partial charge in [-0.3, -0.25) is 0 Å². The zero-order valence-electron chi connectivity index (χ0n) is 23.9. The third-order valence-electron chi connectivity index (χ3n) is 6.03. The van der Waals surface area contributed by atoms with Gasteiger partial charge < -0.3 is 27.3 Å². The lowest BCUT2D eigenvalue weighted by molar-refractivity contribution is 0.284. The monoisotopic (exact) mass is 632 g/mol. The van der Waals surface area contributed by atoms with E-state index < -0.39 is 26.1 Å². The lowest BCUT2D eigenvalue weighted by Gasteiger charge is -2.22. The van der Waals surface area contributed by atoms with Gasteiger partial charge in [0.2, 0.25) is 0 Å². The van der Waals surface area contributed by atoms with Crippen molar-refractivity contribution < 1.29 is 48.5 Å². The predicted molar refractivity (Wildman–Crippen MR) is 159 cm³/mol. The highest BCUT2D eigenvalue weighted by atomic mass is 32.2. The van der Waals surface area contributed by atoms with Crippen LogP contribution in [0.3, 0.4) is 0 Å². The third kappa shape index (κ3) is 7.48. The van der Waals surface area contributed by atoms with Crippen LogP contribution in [-0.2, 0) is 26.8 Å². The van der Waals surface area contributed by atoms with Crippen LogP contribution < -0.4 is 27.3 Å².